The molecule has 6 nitrogen and oxygen atoms in total. The smallest absolute Gasteiger partial charge is 0.305 e. The van der Waals surface area contributed by atoms with Crippen LogP contribution in [0, 0.1) is 6.92 Å². The fourth-order valence-electron chi connectivity index (χ4n) is 2.55. The molecule has 0 heterocycles. The van der Waals surface area contributed by atoms with Crippen molar-refractivity contribution in [3.8, 4) is 5.75 Å². The van der Waals surface area contributed by atoms with Crippen LogP contribution in [0.3, 0.4) is 0 Å². The van der Waals surface area contributed by atoms with Gasteiger partial charge < -0.3 is 20.1 Å². The van der Waals surface area contributed by atoms with E-state index in [-0.39, 0.29) is 29.9 Å². The Morgan fingerprint density at radius 3 is 2.52 bits per heavy atom. The largest absolute Gasteiger partial charge is 0.496 e. The fraction of sp³-hybridized carbons (Fsp3) is 0.600. The van der Waals surface area contributed by atoms with E-state index < -0.39 is 0 Å². The third-order valence-electron chi connectivity index (χ3n) is 4.02. The van der Waals surface area contributed by atoms with Crippen molar-refractivity contribution in [3.63, 3.8) is 0 Å². The first-order valence-corrected chi connectivity index (χ1v) is 9.33. The van der Waals surface area contributed by atoms with E-state index in [4.69, 9.17) is 4.74 Å². The van der Waals surface area contributed by atoms with Gasteiger partial charge in [-0.2, -0.15) is 0 Å². The highest BCUT2D eigenvalue weighted by Crippen LogP contribution is 2.20. The van der Waals surface area contributed by atoms with E-state index in [2.05, 4.69) is 39.4 Å². The number of methoxy groups -OCH3 is 2. The van der Waals surface area contributed by atoms with Gasteiger partial charge in [-0.1, -0.05) is 25.0 Å². The van der Waals surface area contributed by atoms with Crippen LogP contribution in [0.15, 0.2) is 23.2 Å². The molecule has 0 spiro atoms. The number of halogens is 1. The van der Waals surface area contributed by atoms with E-state index in [1.165, 1.54) is 12.7 Å². The summed E-state index contributed by atoms with van der Waals surface area (Å²) in [5, 5.41) is 6.62. The lowest BCUT2D eigenvalue weighted by molar-refractivity contribution is -0.140. The number of nitrogens with zero attached hydrogens (tertiary/aromatic N) is 1. The maximum absolute atomic E-state index is 11.0. The summed E-state index contributed by atoms with van der Waals surface area (Å²) in [6.45, 7) is 6.34. The Balaban J connectivity index is 0.00000676. The normalized spacial score (nSPS) is 10.7. The van der Waals surface area contributed by atoms with Gasteiger partial charge in [0, 0.05) is 25.1 Å². The third kappa shape index (κ3) is 11.0. The average Bonchev–Trinajstić information content (AvgIpc) is 2.65. The van der Waals surface area contributed by atoms with Crippen LogP contribution >= 0.6 is 24.0 Å². The summed E-state index contributed by atoms with van der Waals surface area (Å²) in [5.74, 6) is 1.55. The average molecular weight is 491 g/mol. The number of esters is 1. The number of carbonyl (C=O) groups excluding carboxylic acids is 1. The van der Waals surface area contributed by atoms with Crippen LogP contribution in [0.25, 0.3) is 0 Å². The van der Waals surface area contributed by atoms with Crippen molar-refractivity contribution in [2.75, 3.05) is 27.3 Å². The number of guanidine groups is 1. The Hall–Kier alpha value is -1.51. The van der Waals surface area contributed by atoms with E-state index in [1.807, 2.05) is 13.0 Å². The Morgan fingerprint density at radius 2 is 1.85 bits per heavy atom. The van der Waals surface area contributed by atoms with Crippen LogP contribution < -0.4 is 15.4 Å². The molecule has 0 fully saturated rings. The number of ether oxygens (including phenoxy) is 2. The lowest BCUT2D eigenvalue weighted by Gasteiger charge is -2.12. The van der Waals surface area contributed by atoms with Gasteiger partial charge in [0.25, 0.3) is 0 Å². The predicted molar refractivity (Wildman–Crippen MR) is 121 cm³/mol. The topological polar surface area (TPSA) is 72.0 Å². The monoisotopic (exact) mass is 491 g/mol. The van der Waals surface area contributed by atoms with Crippen LogP contribution in [-0.4, -0.2) is 39.2 Å². The molecule has 0 bridgehead atoms. The second-order valence-electron chi connectivity index (χ2n) is 6.18. The molecule has 1 rings (SSSR count). The van der Waals surface area contributed by atoms with E-state index in [0.29, 0.717) is 13.0 Å². The zero-order valence-electron chi connectivity index (χ0n) is 17.0. The van der Waals surface area contributed by atoms with Crippen LogP contribution in [0.5, 0.6) is 5.75 Å². The molecule has 0 aromatic heterocycles. The zero-order valence-corrected chi connectivity index (χ0v) is 19.3. The highest BCUT2D eigenvalue weighted by atomic mass is 127. The summed E-state index contributed by atoms with van der Waals surface area (Å²) >= 11 is 0. The van der Waals surface area contributed by atoms with Gasteiger partial charge in [0.2, 0.25) is 0 Å². The summed E-state index contributed by atoms with van der Waals surface area (Å²) in [5.41, 5.74) is 2.24. The number of hydrogen-bond donors (Lipinski definition) is 2. The number of benzene rings is 1. The standard InChI is InChI=1S/C20H33N3O3.HI/c1-5-21-20(22-13-9-7-6-8-10-19(24)26-4)23-15-17-12-11-16(2)14-18(17)25-3;/h11-12,14H,5-10,13,15H2,1-4H3,(H2,21,22,23);1H. The first kappa shape index (κ1) is 25.5. The fourth-order valence-corrected chi connectivity index (χ4v) is 2.55. The molecule has 0 unspecified atom stereocenters. The Morgan fingerprint density at radius 1 is 1.11 bits per heavy atom. The number of nitrogens with one attached hydrogen (secondary N) is 2. The van der Waals surface area contributed by atoms with Crippen molar-refractivity contribution < 1.29 is 14.3 Å². The summed E-state index contributed by atoms with van der Waals surface area (Å²) in [6, 6.07) is 6.16. The Labute approximate surface area is 180 Å². The minimum absolute atomic E-state index is 0. The number of hydrogen-bond acceptors (Lipinski definition) is 4. The summed E-state index contributed by atoms with van der Waals surface area (Å²) in [4.78, 5) is 15.7. The van der Waals surface area contributed by atoms with Crippen molar-refractivity contribution in [1.29, 1.82) is 0 Å². The minimum atomic E-state index is -0.128. The summed E-state index contributed by atoms with van der Waals surface area (Å²) in [6.07, 6.45) is 4.54. The van der Waals surface area contributed by atoms with E-state index in [1.54, 1.807) is 7.11 Å². The molecule has 0 atom stereocenters. The Kier molecular flexibility index (Phi) is 14.7. The van der Waals surface area contributed by atoms with E-state index in [0.717, 1.165) is 56.0 Å². The highest BCUT2D eigenvalue weighted by Gasteiger charge is 2.04. The summed E-state index contributed by atoms with van der Waals surface area (Å²) in [7, 11) is 3.12. The van der Waals surface area contributed by atoms with E-state index in [9.17, 15) is 4.79 Å². The Bertz CT molecular complexity index is 580. The maximum Gasteiger partial charge on any atom is 0.305 e. The molecule has 0 saturated heterocycles. The molecule has 0 aliphatic rings. The van der Waals surface area contributed by atoms with Crippen molar-refractivity contribution in [3.05, 3.63) is 29.3 Å². The number of unbranched alkanes of at least 4 members (excludes halogenated alkanes) is 3. The van der Waals surface area contributed by atoms with Gasteiger partial charge in [-0.25, -0.2) is 4.99 Å². The molecule has 0 radical (unpaired) electrons. The van der Waals surface area contributed by atoms with E-state index >= 15 is 0 Å². The highest BCUT2D eigenvalue weighted by molar-refractivity contribution is 14.0. The van der Waals surface area contributed by atoms with Gasteiger partial charge in [-0.3, -0.25) is 4.79 Å². The van der Waals surface area contributed by atoms with Crippen molar-refractivity contribution in [1.82, 2.24) is 10.6 Å². The molecular formula is C20H34IN3O3. The van der Waals surface area contributed by atoms with Gasteiger partial charge in [-0.05, 0) is 38.3 Å². The van der Waals surface area contributed by atoms with Crippen molar-refractivity contribution in [2.24, 2.45) is 4.99 Å². The van der Waals surface area contributed by atoms with Crippen LogP contribution in [0.4, 0.5) is 0 Å². The number of rotatable bonds is 11. The SMILES string of the molecule is CCNC(=NCc1ccc(C)cc1OC)NCCCCCCC(=O)OC.I. The third-order valence-corrected chi connectivity index (χ3v) is 4.02. The van der Waals surface area contributed by atoms with Crippen molar-refractivity contribution in [2.45, 2.75) is 52.5 Å². The zero-order chi connectivity index (χ0) is 19.2. The minimum Gasteiger partial charge on any atom is -0.496 e. The molecule has 27 heavy (non-hydrogen) atoms. The number of aryl methyl sites for hydroxylation is 1. The quantitative estimate of drug-likeness (QED) is 0.162. The molecule has 0 aliphatic carbocycles. The first-order chi connectivity index (χ1) is 12.6. The first-order valence-electron chi connectivity index (χ1n) is 9.33. The second kappa shape index (κ2) is 15.5. The van der Waals surface area contributed by atoms with Gasteiger partial charge in [0.15, 0.2) is 5.96 Å². The molecule has 0 aliphatic heterocycles. The molecule has 7 heteroatoms. The van der Waals surface area contributed by atoms with Crippen LogP contribution in [0.2, 0.25) is 0 Å². The van der Waals surface area contributed by atoms with Gasteiger partial charge in [0.1, 0.15) is 5.75 Å². The molecule has 0 amide bonds. The molecular weight excluding hydrogens is 457 g/mol. The lowest BCUT2D eigenvalue weighted by Crippen LogP contribution is -2.37. The molecule has 1 aromatic rings. The lowest BCUT2D eigenvalue weighted by atomic mass is 10.1. The van der Waals surface area contributed by atoms with Gasteiger partial charge in [0.05, 0.1) is 20.8 Å². The van der Waals surface area contributed by atoms with Gasteiger partial charge in [-0.15, -0.1) is 24.0 Å². The van der Waals surface area contributed by atoms with Crippen LogP contribution in [-0.2, 0) is 16.1 Å². The maximum atomic E-state index is 11.0. The van der Waals surface area contributed by atoms with Crippen molar-refractivity contribution >= 4 is 35.9 Å². The molecule has 154 valence electrons. The number of carbonyl (C=O) groups is 1. The predicted octanol–water partition coefficient (Wildman–Crippen LogP) is 3.80. The summed E-state index contributed by atoms with van der Waals surface area (Å²) < 4.78 is 10.1. The molecule has 2 N–H and O–H groups in total. The van der Waals surface area contributed by atoms with Crippen LogP contribution in [0.1, 0.15) is 50.2 Å². The van der Waals surface area contributed by atoms with Gasteiger partial charge >= 0.3 is 5.97 Å². The molecule has 1 aromatic carbocycles. The second-order valence-corrected chi connectivity index (χ2v) is 6.18. The number of aliphatic imine (C=N–C) groups is 1. The molecule has 0 saturated carbocycles.